The van der Waals surface area contributed by atoms with Crippen molar-refractivity contribution in [3.8, 4) is 11.3 Å². The molecule has 108 valence electrons. The van der Waals surface area contributed by atoms with E-state index >= 15 is 0 Å². The molecule has 0 saturated carbocycles. The third-order valence-corrected chi connectivity index (χ3v) is 5.55. The number of nitrogens with two attached hydrogens (primary N) is 1. The lowest BCUT2D eigenvalue weighted by Crippen LogP contribution is -2.29. The summed E-state index contributed by atoms with van der Waals surface area (Å²) >= 11 is 1.94. The van der Waals surface area contributed by atoms with Crippen LogP contribution in [0.2, 0.25) is 0 Å². The largest absolute Gasteiger partial charge is 0.384 e. The van der Waals surface area contributed by atoms with Gasteiger partial charge in [0.2, 0.25) is 0 Å². The van der Waals surface area contributed by atoms with Crippen LogP contribution in [-0.2, 0) is 6.54 Å². The zero-order valence-electron chi connectivity index (χ0n) is 12.3. The molecule has 2 aromatic heterocycles. The van der Waals surface area contributed by atoms with Crippen LogP contribution in [0, 0.1) is 0 Å². The Morgan fingerprint density at radius 2 is 2.00 bits per heavy atom. The van der Waals surface area contributed by atoms with Crippen LogP contribution < -0.4 is 5.73 Å². The second kappa shape index (κ2) is 6.31. The molecule has 0 radical (unpaired) electrons. The minimum absolute atomic E-state index is 0.261. The van der Waals surface area contributed by atoms with Crippen molar-refractivity contribution in [3.05, 3.63) is 30.9 Å². The Morgan fingerprint density at radius 1 is 1.25 bits per heavy atom. The summed E-state index contributed by atoms with van der Waals surface area (Å²) in [7, 11) is 0. The molecule has 0 saturated heterocycles. The van der Waals surface area contributed by atoms with Gasteiger partial charge in [-0.2, -0.15) is 11.8 Å². The van der Waals surface area contributed by atoms with E-state index in [9.17, 15) is 0 Å². The van der Waals surface area contributed by atoms with Crippen LogP contribution in [0.5, 0.6) is 0 Å². The Morgan fingerprint density at radius 3 is 2.55 bits per heavy atom. The minimum Gasteiger partial charge on any atom is -0.384 e. The van der Waals surface area contributed by atoms with E-state index in [2.05, 4.69) is 34.6 Å². The van der Waals surface area contributed by atoms with Crippen LogP contribution in [0.1, 0.15) is 26.7 Å². The first kappa shape index (κ1) is 14.9. The van der Waals surface area contributed by atoms with Gasteiger partial charge in [-0.25, -0.2) is 9.97 Å². The fourth-order valence-electron chi connectivity index (χ4n) is 2.38. The molecular weight excluding hydrogens is 268 g/mol. The molecule has 20 heavy (non-hydrogen) atoms. The summed E-state index contributed by atoms with van der Waals surface area (Å²) in [5, 5.41) is 0. The predicted molar refractivity (Wildman–Crippen MR) is 86.7 cm³/mol. The van der Waals surface area contributed by atoms with Gasteiger partial charge in [0.25, 0.3) is 0 Å². The van der Waals surface area contributed by atoms with Crippen molar-refractivity contribution in [2.75, 3.05) is 12.0 Å². The first-order chi connectivity index (χ1) is 9.64. The van der Waals surface area contributed by atoms with Gasteiger partial charge in [0.1, 0.15) is 5.82 Å². The average molecular weight is 290 g/mol. The van der Waals surface area contributed by atoms with Crippen molar-refractivity contribution in [2.24, 2.45) is 0 Å². The number of hydrogen-bond donors (Lipinski definition) is 1. The smallest absolute Gasteiger partial charge is 0.123 e. The zero-order chi connectivity index (χ0) is 14.6. The van der Waals surface area contributed by atoms with Crippen LogP contribution in [0.15, 0.2) is 30.9 Å². The van der Waals surface area contributed by atoms with E-state index in [-0.39, 0.29) is 4.75 Å². The number of anilines is 1. The van der Waals surface area contributed by atoms with Gasteiger partial charge in [0.05, 0.1) is 18.2 Å². The second-order valence-corrected chi connectivity index (χ2v) is 6.25. The maximum atomic E-state index is 5.65. The fourth-order valence-corrected chi connectivity index (χ4v) is 3.23. The summed E-state index contributed by atoms with van der Waals surface area (Å²) in [6, 6.07) is 3.82. The summed E-state index contributed by atoms with van der Waals surface area (Å²) in [4.78, 5) is 8.47. The van der Waals surface area contributed by atoms with E-state index in [1.165, 1.54) is 0 Å². The number of rotatable bonds is 6. The molecule has 0 aliphatic carbocycles. The van der Waals surface area contributed by atoms with E-state index in [0.29, 0.717) is 5.82 Å². The lowest BCUT2D eigenvalue weighted by Gasteiger charge is -2.30. The summed E-state index contributed by atoms with van der Waals surface area (Å²) in [6.07, 6.45) is 10.1. The molecule has 2 heterocycles. The number of thioether (sulfide) groups is 1. The molecule has 2 rings (SSSR count). The highest BCUT2D eigenvalue weighted by molar-refractivity contribution is 8.00. The van der Waals surface area contributed by atoms with Gasteiger partial charge in [0.15, 0.2) is 0 Å². The Labute approximate surface area is 124 Å². The Kier molecular flexibility index (Phi) is 4.70. The van der Waals surface area contributed by atoms with Gasteiger partial charge in [-0.3, -0.25) is 0 Å². The molecule has 0 unspecified atom stereocenters. The van der Waals surface area contributed by atoms with Crippen molar-refractivity contribution in [1.82, 2.24) is 14.5 Å². The zero-order valence-corrected chi connectivity index (χ0v) is 13.2. The summed E-state index contributed by atoms with van der Waals surface area (Å²) < 4.78 is 2.48. The monoisotopic (exact) mass is 290 g/mol. The quantitative estimate of drug-likeness (QED) is 0.885. The number of hydrogen-bond acceptors (Lipinski definition) is 4. The van der Waals surface area contributed by atoms with Crippen molar-refractivity contribution in [2.45, 2.75) is 38.0 Å². The molecule has 0 spiro atoms. The normalized spacial score (nSPS) is 11.8. The molecule has 0 aromatic carbocycles. The molecule has 0 amide bonds. The molecule has 0 atom stereocenters. The van der Waals surface area contributed by atoms with Crippen molar-refractivity contribution >= 4 is 17.6 Å². The Hall–Kier alpha value is -1.49. The molecule has 2 N–H and O–H groups in total. The lowest BCUT2D eigenvalue weighted by molar-refractivity contribution is 0.468. The maximum Gasteiger partial charge on any atom is 0.123 e. The highest BCUT2D eigenvalue weighted by atomic mass is 32.2. The van der Waals surface area contributed by atoms with Crippen molar-refractivity contribution in [3.63, 3.8) is 0 Å². The Balaban J connectivity index is 2.31. The highest BCUT2D eigenvalue weighted by Crippen LogP contribution is 2.33. The third kappa shape index (κ3) is 2.98. The number of imidazole rings is 1. The number of nitrogens with zero attached hydrogens (tertiary/aromatic N) is 3. The molecule has 5 heteroatoms. The fraction of sp³-hybridized carbons (Fsp3) is 0.467. The SMILES string of the molecule is CCC(CC)(Cn1cncc1-c1ccc(N)nc1)SC. The van der Waals surface area contributed by atoms with Gasteiger partial charge in [-0.1, -0.05) is 13.8 Å². The van der Waals surface area contributed by atoms with E-state index in [4.69, 9.17) is 5.73 Å². The number of pyridine rings is 1. The highest BCUT2D eigenvalue weighted by Gasteiger charge is 2.26. The van der Waals surface area contributed by atoms with E-state index in [1.807, 2.05) is 42.6 Å². The van der Waals surface area contributed by atoms with Gasteiger partial charge in [0, 0.05) is 23.1 Å². The second-order valence-electron chi connectivity index (χ2n) is 4.97. The maximum absolute atomic E-state index is 5.65. The minimum atomic E-state index is 0.261. The van der Waals surface area contributed by atoms with Gasteiger partial charge in [-0.15, -0.1) is 0 Å². The topological polar surface area (TPSA) is 56.7 Å². The molecule has 0 fully saturated rings. The van der Waals surface area contributed by atoms with Crippen LogP contribution in [-0.4, -0.2) is 25.5 Å². The summed E-state index contributed by atoms with van der Waals surface area (Å²) in [6.45, 7) is 5.46. The molecule has 0 aliphatic heterocycles. The van der Waals surface area contributed by atoms with Crippen molar-refractivity contribution < 1.29 is 0 Å². The predicted octanol–water partition coefficient (Wildman–Crippen LogP) is 3.45. The lowest BCUT2D eigenvalue weighted by atomic mass is 10.0. The van der Waals surface area contributed by atoms with Crippen LogP contribution >= 0.6 is 11.8 Å². The summed E-state index contributed by atoms with van der Waals surface area (Å²) in [5.41, 5.74) is 7.80. The van der Waals surface area contributed by atoms with E-state index < -0.39 is 0 Å². The molecule has 0 aliphatic rings. The number of aromatic nitrogens is 3. The van der Waals surface area contributed by atoms with Gasteiger partial charge in [-0.05, 0) is 31.2 Å². The van der Waals surface area contributed by atoms with Gasteiger partial charge >= 0.3 is 0 Å². The van der Waals surface area contributed by atoms with E-state index in [0.717, 1.165) is 30.6 Å². The molecular formula is C15H22N4S. The first-order valence-corrected chi connectivity index (χ1v) is 8.13. The van der Waals surface area contributed by atoms with Crippen LogP contribution in [0.4, 0.5) is 5.82 Å². The summed E-state index contributed by atoms with van der Waals surface area (Å²) in [5.74, 6) is 0.542. The molecule has 2 aromatic rings. The van der Waals surface area contributed by atoms with E-state index in [1.54, 1.807) is 0 Å². The number of nitrogen functional groups attached to an aromatic ring is 1. The average Bonchev–Trinajstić information content (AvgIpc) is 2.94. The first-order valence-electron chi connectivity index (χ1n) is 6.91. The molecule has 0 bridgehead atoms. The Bertz CT molecular complexity index is 535. The molecule has 4 nitrogen and oxygen atoms in total. The standard InChI is InChI=1S/C15H22N4S/c1-4-15(5-2,20-3)10-19-11-17-9-13(19)12-6-7-14(16)18-8-12/h6-9,11H,4-5,10H2,1-3H3,(H2,16,18). The van der Waals surface area contributed by atoms with Crippen molar-refractivity contribution in [1.29, 1.82) is 0 Å². The van der Waals surface area contributed by atoms with Crippen LogP contribution in [0.25, 0.3) is 11.3 Å². The third-order valence-electron chi connectivity index (χ3n) is 3.97. The van der Waals surface area contributed by atoms with Crippen LogP contribution in [0.3, 0.4) is 0 Å². The van der Waals surface area contributed by atoms with Gasteiger partial charge < -0.3 is 10.3 Å².